The van der Waals surface area contributed by atoms with E-state index in [9.17, 15) is 26.3 Å². The van der Waals surface area contributed by atoms with E-state index in [1.54, 1.807) is 0 Å². The number of hydrogen-bond donors (Lipinski definition) is 0. The summed E-state index contributed by atoms with van der Waals surface area (Å²) >= 11 is 0. The van der Waals surface area contributed by atoms with Gasteiger partial charge in [0, 0.05) is 12.1 Å². The van der Waals surface area contributed by atoms with Crippen LogP contribution < -0.4 is 9.47 Å². The molecule has 0 amide bonds. The van der Waals surface area contributed by atoms with Gasteiger partial charge in [-0.15, -0.1) is 0 Å². The molecule has 0 aliphatic heterocycles. The second-order valence-electron chi connectivity index (χ2n) is 7.98. The molecule has 2 aromatic rings. The molecule has 0 spiro atoms. The minimum atomic E-state index is -3.53. The third kappa shape index (κ3) is 5.99. The first kappa shape index (κ1) is 24.0. The normalized spacial score (nSPS) is 18.8. The van der Waals surface area contributed by atoms with E-state index in [1.807, 2.05) is 0 Å². The number of hydrogen-bond acceptors (Lipinski definition) is 2. The summed E-state index contributed by atoms with van der Waals surface area (Å²) in [7, 11) is 0. The molecule has 2 aromatic carbocycles. The largest absolute Gasteiger partial charge is 0.459 e. The average molecular weight is 458 g/mol. The molecular formula is C24H24F6O2. The topological polar surface area (TPSA) is 18.5 Å². The quantitative estimate of drug-likeness (QED) is 0.292. The lowest BCUT2D eigenvalue weighted by atomic mass is 9.79. The highest BCUT2D eigenvalue weighted by Crippen LogP contribution is 2.42. The lowest BCUT2D eigenvalue weighted by Crippen LogP contribution is -2.37. The summed E-state index contributed by atoms with van der Waals surface area (Å²) in [5, 5.41) is 0. The molecule has 0 bridgehead atoms. The Balaban J connectivity index is 1.72. The van der Waals surface area contributed by atoms with Crippen LogP contribution in [0.15, 0.2) is 48.7 Å². The zero-order valence-corrected chi connectivity index (χ0v) is 17.5. The fourth-order valence-corrected chi connectivity index (χ4v) is 4.13. The lowest BCUT2D eigenvalue weighted by molar-refractivity contribution is -0.223. The second kappa shape index (κ2) is 10.3. The Labute approximate surface area is 182 Å². The van der Waals surface area contributed by atoms with Gasteiger partial charge in [0.05, 0.1) is 11.5 Å². The maximum Gasteiger partial charge on any atom is 0.400 e. The van der Waals surface area contributed by atoms with Gasteiger partial charge in [-0.2, -0.15) is 17.6 Å². The van der Waals surface area contributed by atoms with Crippen molar-refractivity contribution < 1.29 is 35.8 Å². The number of halogens is 6. The van der Waals surface area contributed by atoms with Crippen LogP contribution in [0.1, 0.15) is 45.4 Å². The zero-order chi connectivity index (χ0) is 23.3. The predicted molar refractivity (Wildman–Crippen MR) is 109 cm³/mol. The lowest BCUT2D eigenvalue weighted by Gasteiger charge is -2.33. The third-order valence-corrected chi connectivity index (χ3v) is 5.72. The molecule has 1 saturated carbocycles. The molecule has 3 rings (SSSR count). The Bertz CT molecular complexity index is 907. The van der Waals surface area contributed by atoms with E-state index in [0.29, 0.717) is 31.6 Å². The first-order chi connectivity index (χ1) is 15.2. The highest BCUT2D eigenvalue weighted by molar-refractivity contribution is 5.66. The van der Waals surface area contributed by atoms with E-state index in [2.05, 4.69) is 11.7 Å². The molecule has 32 heavy (non-hydrogen) atoms. The monoisotopic (exact) mass is 458 g/mol. The summed E-state index contributed by atoms with van der Waals surface area (Å²) < 4.78 is 92.0. The third-order valence-electron chi connectivity index (χ3n) is 5.72. The predicted octanol–water partition coefficient (Wildman–Crippen LogP) is 8.33. The number of benzene rings is 2. The highest BCUT2D eigenvalue weighted by atomic mass is 19.3. The van der Waals surface area contributed by atoms with E-state index < -0.39 is 41.1 Å². The van der Waals surface area contributed by atoms with E-state index >= 15 is 0 Å². The molecule has 2 nitrogen and oxygen atoms in total. The molecule has 0 atom stereocenters. The molecule has 1 aliphatic rings. The number of ether oxygens (including phenoxy) is 2. The van der Waals surface area contributed by atoms with Crippen molar-refractivity contribution >= 4 is 0 Å². The van der Waals surface area contributed by atoms with Gasteiger partial charge in [-0.3, -0.25) is 0 Å². The van der Waals surface area contributed by atoms with Crippen molar-refractivity contribution in [2.24, 2.45) is 11.8 Å². The van der Waals surface area contributed by atoms with Crippen LogP contribution in [0.25, 0.3) is 11.1 Å². The highest BCUT2D eigenvalue weighted by Gasteiger charge is 2.44. The molecule has 0 saturated heterocycles. The van der Waals surface area contributed by atoms with Crippen LogP contribution in [0.2, 0.25) is 0 Å². The standard InChI is InChI=1S/C24H24F6O2/c1-2-3-15-4-8-17(9-5-15)24(29,30)32-19-12-20(25)23(21(26)13-19)16-6-10-18(11-7-16)31-14-22(27)28/h6-7,10-15,17H,2-5,8-9H2,1H3. The fourth-order valence-electron chi connectivity index (χ4n) is 4.13. The van der Waals surface area contributed by atoms with E-state index in [1.165, 1.54) is 24.3 Å². The Morgan fingerprint density at radius 1 is 0.969 bits per heavy atom. The van der Waals surface area contributed by atoms with Gasteiger partial charge in [-0.05, 0) is 49.3 Å². The molecular weight excluding hydrogens is 434 g/mol. The van der Waals surface area contributed by atoms with Crippen molar-refractivity contribution in [1.82, 2.24) is 0 Å². The number of alkyl halides is 2. The van der Waals surface area contributed by atoms with Gasteiger partial charge >= 0.3 is 12.2 Å². The van der Waals surface area contributed by atoms with Gasteiger partial charge in [0.2, 0.25) is 0 Å². The van der Waals surface area contributed by atoms with Crippen LogP contribution in [-0.4, -0.2) is 6.11 Å². The van der Waals surface area contributed by atoms with E-state index in [-0.39, 0.29) is 17.6 Å². The van der Waals surface area contributed by atoms with Crippen molar-refractivity contribution in [2.45, 2.75) is 51.6 Å². The van der Waals surface area contributed by atoms with Crippen LogP contribution in [-0.2, 0) is 0 Å². The fraction of sp³-hybridized carbons (Fsp3) is 0.417. The van der Waals surface area contributed by atoms with Gasteiger partial charge in [0.15, 0.2) is 6.26 Å². The molecule has 174 valence electrons. The Morgan fingerprint density at radius 3 is 2.09 bits per heavy atom. The van der Waals surface area contributed by atoms with Crippen molar-refractivity contribution in [2.75, 3.05) is 0 Å². The van der Waals surface area contributed by atoms with Crippen LogP contribution in [0, 0.1) is 23.5 Å². The smallest absolute Gasteiger partial charge is 0.400 e. The maximum absolute atomic E-state index is 14.6. The summed E-state index contributed by atoms with van der Waals surface area (Å²) in [4.78, 5) is 0. The van der Waals surface area contributed by atoms with Gasteiger partial charge in [-0.25, -0.2) is 8.78 Å². The molecule has 0 N–H and O–H groups in total. The van der Waals surface area contributed by atoms with E-state index in [4.69, 9.17) is 4.74 Å². The minimum Gasteiger partial charge on any atom is -0.459 e. The SMILES string of the molecule is CCCC1CCC(C(F)(F)Oc2cc(F)c(-c3ccc(OC=C(F)F)cc3)c(F)c2)CC1. The molecule has 8 heteroatoms. The molecule has 1 fully saturated rings. The molecule has 0 heterocycles. The molecule has 1 aliphatic carbocycles. The van der Waals surface area contributed by atoms with Gasteiger partial charge in [0.1, 0.15) is 23.1 Å². The summed E-state index contributed by atoms with van der Waals surface area (Å²) in [5.41, 5.74) is -0.357. The van der Waals surface area contributed by atoms with Crippen LogP contribution in [0.3, 0.4) is 0 Å². The average Bonchev–Trinajstić information content (AvgIpc) is 2.73. The minimum absolute atomic E-state index is 0.0376. The van der Waals surface area contributed by atoms with Gasteiger partial charge < -0.3 is 9.47 Å². The first-order valence-electron chi connectivity index (χ1n) is 10.5. The van der Waals surface area contributed by atoms with Crippen molar-refractivity contribution in [3.63, 3.8) is 0 Å². The molecule has 0 unspecified atom stereocenters. The maximum atomic E-state index is 14.6. The first-order valence-corrected chi connectivity index (χ1v) is 10.5. The Hall–Kier alpha value is -2.64. The van der Waals surface area contributed by atoms with Crippen LogP contribution in [0.4, 0.5) is 26.3 Å². The van der Waals surface area contributed by atoms with Gasteiger partial charge in [0.25, 0.3) is 0 Å². The van der Waals surface area contributed by atoms with E-state index in [0.717, 1.165) is 25.0 Å². The molecule has 0 radical (unpaired) electrons. The summed E-state index contributed by atoms with van der Waals surface area (Å²) in [6, 6.07) is 6.49. The summed E-state index contributed by atoms with van der Waals surface area (Å²) in [6.07, 6.45) is -1.34. The Morgan fingerprint density at radius 2 is 1.56 bits per heavy atom. The van der Waals surface area contributed by atoms with Crippen LogP contribution >= 0.6 is 0 Å². The van der Waals surface area contributed by atoms with Crippen molar-refractivity contribution in [3.05, 3.63) is 60.4 Å². The number of rotatable bonds is 8. The van der Waals surface area contributed by atoms with Crippen molar-refractivity contribution in [3.8, 4) is 22.6 Å². The summed E-state index contributed by atoms with van der Waals surface area (Å²) in [5.74, 6) is -3.28. The van der Waals surface area contributed by atoms with Gasteiger partial charge in [-0.1, -0.05) is 31.9 Å². The molecule has 0 aromatic heterocycles. The Kier molecular flexibility index (Phi) is 7.74. The van der Waals surface area contributed by atoms with Crippen molar-refractivity contribution in [1.29, 1.82) is 0 Å². The van der Waals surface area contributed by atoms with Crippen LogP contribution in [0.5, 0.6) is 11.5 Å². The summed E-state index contributed by atoms with van der Waals surface area (Å²) in [6.45, 7) is 2.06. The zero-order valence-electron chi connectivity index (χ0n) is 17.5. The second-order valence-corrected chi connectivity index (χ2v) is 7.98.